The molecule has 0 atom stereocenters. The van der Waals surface area contributed by atoms with E-state index in [2.05, 4.69) is 5.32 Å². The summed E-state index contributed by atoms with van der Waals surface area (Å²) in [6.07, 6.45) is 0. The molecule has 5 heteroatoms. The van der Waals surface area contributed by atoms with Gasteiger partial charge in [0.15, 0.2) is 0 Å². The quantitative estimate of drug-likeness (QED) is 0.791. The van der Waals surface area contributed by atoms with Gasteiger partial charge in [-0.2, -0.15) is 0 Å². The fourth-order valence-electron chi connectivity index (χ4n) is 1.61. The van der Waals surface area contributed by atoms with Gasteiger partial charge in [0.1, 0.15) is 12.4 Å². The summed E-state index contributed by atoms with van der Waals surface area (Å²) < 4.78 is 6.46. The molecule has 0 fully saturated rings. The molecule has 2 nitrogen and oxygen atoms in total. The highest BCUT2D eigenvalue weighted by Crippen LogP contribution is 2.21. The predicted molar refractivity (Wildman–Crippen MR) is 82.7 cm³/mol. The number of rotatable bonds is 6. The van der Waals surface area contributed by atoms with Crippen LogP contribution in [0.15, 0.2) is 30.3 Å². The maximum Gasteiger partial charge on any atom is 0.119 e. The van der Waals surface area contributed by atoms with Gasteiger partial charge >= 0.3 is 0 Å². The molecule has 0 aliphatic heterocycles. The highest BCUT2D eigenvalue weighted by Gasteiger charge is 1.99. The first kappa shape index (κ1) is 14.7. The van der Waals surface area contributed by atoms with Gasteiger partial charge < -0.3 is 10.1 Å². The van der Waals surface area contributed by atoms with Crippen molar-refractivity contribution in [2.24, 2.45) is 0 Å². The van der Waals surface area contributed by atoms with Gasteiger partial charge in [-0.3, -0.25) is 0 Å². The lowest BCUT2D eigenvalue weighted by Crippen LogP contribution is -2.20. The molecule has 0 saturated heterocycles. The molecule has 1 heterocycles. The van der Waals surface area contributed by atoms with Crippen LogP contribution in [-0.2, 0) is 6.54 Å². The fraction of sp³-hybridized carbons (Fsp3) is 0.286. The van der Waals surface area contributed by atoms with Gasteiger partial charge in [-0.1, -0.05) is 23.2 Å². The second kappa shape index (κ2) is 7.15. The number of aryl methyl sites for hydroxylation is 1. The summed E-state index contributed by atoms with van der Waals surface area (Å²) in [5, 5.41) is 4.08. The van der Waals surface area contributed by atoms with Gasteiger partial charge in [-0.25, -0.2) is 0 Å². The second-order valence-electron chi connectivity index (χ2n) is 4.14. The lowest BCUT2D eigenvalue weighted by Gasteiger charge is -2.08. The molecular formula is C14H15Cl2NOS. The van der Waals surface area contributed by atoms with E-state index in [4.69, 9.17) is 27.9 Å². The Morgan fingerprint density at radius 1 is 1.21 bits per heavy atom. The van der Waals surface area contributed by atoms with Crippen molar-refractivity contribution in [3.05, 3.63) is 50.1 Å². The summed E-state index contributed by atoms with van der Waals surface area (Å²) in [4.78, 5) is 1.23. The van der Waals surface area contributed by atoms with Crippen molar-refractivity contribution < 1.29 is 4.74 Å². The molecule has 0 amide bonds. The van der Waals surface area contributed by atoms with Crippen LogP contribution in [0.5, 0.6) is 5.75 Å². The third-order valence-corrected chi connectivity index (χ3v) is 4.26. The van der Waals surface area contributed by atoms with Crippen LogP contribution in [0.3, 0.4) is 0 Å². The maximum absolute atomic E-state index is 5.96. The Labute approximate surface area is 127 Å². The van der Waals surface area contributed by atoms with Crippen LogP contribution in [0.2, 0.25) is 9.36 Å². The maximum atomic E-state index is 5.96. The zero-order chi connectivity index (χ0) is 13.7. The predicted octanol–water partition coefficient (Wildman–Crippen LogP) is 4.53. The van der Waals surface area contributed by atoms with E-state index < -0.39 is 0 Å². The van der Waals surface area contributed by atoms with Gasteiger partial charge in [0.25, 0.3) is 0 Å². The Morgan fingerprint density at radius 2 is 2.05 bits per heavy atom. The highest BCUT2D eigenvalue weighted by atomic mass is 35.5. The number of ether oxygens (including phenoxy) is 1. The van der Waals surface area contributed by atoms with E-state index in [0.717, 1.165) is 33.8 Å². The third-order valence-electron chi connectivity index (χ3n) is 2.61. The molecule has 2 rings (SSSR count). The Bertz CT molecular complexity index is 542. The first-order valence-corrected chi connectivity index (χ1v) is 7.56. The first-order chi connectivity index (χ1) is 9.15. The molecule has 0 aliphatic rings. The Balaban J connectivity index is 1.67. The van der Waals surface area contributed by atoms with Crippen molar-refractivity contribution >= 4 is 34.5 Å². The van der Waals surface area contributed by atoms with Crippen molar-refractivity contribution in [2.45, 2.75) is 13.5 Å². The average Bonchev–Trinajstić information content (AvgIpc) is 2.79. The number of benzene rings is 1. The van der Waals surface area contributed by atoms with E-state index in [1.54, 1.807) is 11.3 Å². The SMILES string of the molecule is Cc1cc(OCCNCc2ccc(Cl)s2)ccc1Cl. The van der Waals surface area contributed by atoms with Gasteiger partial charge in [0, 0.05) is 23.0 Å². The van der Waals surface area contributed by atoms with Crippen LogP contribution < -0.4 is 10.1 Å². The van der Waals surface area contributed by atoms with Crippen molar-refractivity contribution in [1.29, 1.82) is 0 Å². The van der Waals surface area contributed by atoms with Gasteiger partial charge in [0.2, 0.25) is 0 Å². The van der Waals surface area contributed by atoms with E-state index in [-0.39, 0.29) is 0 Å². The fourth-order valence-corrected chi connectivity index (χ4v) is 2.78. The summed E-state index contributed by atoms with van der Waals surface area (Å²) in [7, 11) is 0. The lowest BCUT2D eigenvalue weighted by atomic mass is 10.2. The van der Waals surface area contributed by atoms with Crippen LogP contribution in [0.25, 0.3) is 0 Å². The molecule has 102 valence electrons. The first-order valence-electron chi connectivity index (χ1n) is 5.99. The number of hydrogen-bond donors (Lipinski definition) is 1. The zero-order valence-corrected chi connectivity index (χ0v) is 12.9. The molecule has 0 bridgehead atoms. The molecule has 19 heavy (non-hydrogen) atoms. The Morgan fingerprint density at radius 3 is 2.74 bits per heavy atom. The minimum Gasteiger partial charge on any atom is -0.492 e. The molecule has 0 spiro atoms. The van der Waals surface area contributed by atoms with Crippen LogP contribution >= 0.6 is 34.5 Å². The second-order valence-corrected chi connectivity index (χ2v) is 6.35. The number of thiophene rings is 1. The normalized spacial score (nSPS) is 10.7. The smallest absolute Gasteiger partial charge is 0.119 e. The summed E-state index contributed by atoms with van der Waals surface area (Å²) in [6.45, 7) is 4.20. The minimum atomic E-state index is 0.625. The molecular weight excluding hydrogens is 301 g/mol. The summed E-state index contributed by atoms with van der Waals surface area (Å²) >= 11 is 13.4. The Hall–Kier alpha value is -0.740. The van der Waals surface area contributed by atoms with Crippen LogP contribution in [0.4, 0.5) is 0 Å². The largest absolute Gasteiger partial charge is 0.492 e. The monoisotopic (exact) mass is 315 g/mol. The molecule has 1 N–H and O–H groups in total. The van der Waals surface area contributed by atoms with Crippen LogP contribution in [-0.4, -0.2) is 13.2 Å². The van der Waals surface area contributed by atoms with E-state index in [0.29, 0.717) is 6.61 Å². The zero-order valence-electron chi connectivity index (χ0n) is 10.6. The Kier molecular flexibility index (Phi) is 5.52. The molecule has 0 radical (unpaired) electrons. The molecule has 1 aromatic heterocycles. The standard InChI is InChI=1S/C14H15Cl2NOS/c1-10-8-11(2-4-13(10)15)18-7-6-17-9-12-3-5-14(16)19-12/h2-5,8,17H,6-7,9H2,1H3. The van der Waals surface area contributed by atoms with Crippen molar-refractivity contribution in [1.82, 2.24) is 5.32 Å². The average molecular weight is 316 g/mol. The van der Waals surface area contributed by atoms with Crippen LogP contribution in [0, 0.1) is 6.92 Å². The van der Waals surface area contributed by atoms with Crippen molar-refractivity contribution in [3.8, 4) is 5.75 Å². The summed E-state index contributed by atoms with van der Waals surface area (Å²) in [5.74, 6) is 0.850. The van der Waals surface area contributed by atoms with E-state index in [9.17, 15) is 0 Å². The van der Waals surface area contributed by atoms with E-state index >= 15 is 0 Å². The highest BCUT2D eigenvalue weighted by molar-refractivity contribution is 7.16. The molecule has 0 aliphatic carbocycles. The summed E-state index contributed by atoms with van der Waals surface area (Å²) in [6, 6.07) is 9.63. The third kappa shape index (κ3) is 4.69. The number of hydrogen-bond acceptors (Lipinski definition) is 3. The van der Waals surface area contributed by atoms with E-state index in [1.807, 2.05) is 37.3 Å². The topological polar surface area (TPSA) is 21.3 Å². The van der Waals surface area contributed by atoms with Crippen LogP contribution in [0.1, 0.15) is 10.4 Å². The van der Waals surface area contributed by atoms with Gasteiger partial charge in [-0.05, 0) is 42.8 Å². The molecule has 0 saturated carbocycles. The molecule has 2 aromatic rings. The molecule has 1 aromatic carbocycles. The number of nitrogens with one attached hydrogen (secondary N) is 1. The lowest BCUT2D eigenvalue weighted by molar-refractivity contribution is 0.313. The van der Waals surface area contributed by atoms with Gasteiger partial charge in [0.05, 0.1) is 4.34 Å². The van der Waals surface area contributed by atoms with Crippen molar-refractivity contribution in [3.63, 3.8) is 0 Å². The minimum absolute atomic E-state index is 0.625. The summed E-state index contributed by atoms with van der Waals surface area (Å²) in [5.41, 5.74) is 1.03. The molecule has 0 unspecified atom stereocenters. The number of halogens is 2. The van der Waals surface area contributed by atoms with Gasteiger partial charge in [-0.15, -0.1) is 11.3 Å². The van der Waals surface area contributed by atoms with Crippen molar-refractivity contribution in [2.75, 3.05) is 13.2 Å². The van der Waals surface area contributed by atoms with E-state index in [1.165, 1.54) is 4.88 Å².